The van der Waals surface area contributed by atoms with Crippen molar-refractivity contribution in [2.75, 3.05) is 39.2 Å². The summed E-state index contributed by atoms with van der Waals surface area (Å²) in [7, 11) is 5.09. The first-order chi connectivity index (χ1) is 8.95. The first-order valence-electron chi connectivity index (χ1n) is 6.00. The van der Waals surface area contributed by atoms with Gasteiger partial charge in [-0.25, -0.2) is 0 Å². The van der Waals surface area contributed by atoms with Crippen LogP contribution in [0.15, 0.2) is 18.3 Å². The second-order valence-electron chi connectivity index (χ2n) is 4.26. The summed E-state index contributed by atoms with van der Waals surface area (Å²) in [5, 5.41) is 0. The Balaban J connectivity index is 2.81. The Kier molecular flexibility index (Phi) is 5.29. The first kappa shape index (κ1) is 14.9. The number of carbonyl (C=O) groups is 2. The van der Waals surface area contributed by atoms with Gasteiger partial charge in [-0.3, -0.25) is 14.6 Å². The molecule has 0 bridgehead atoms. The van der Waals surface area contributed by atoms with Crippen LogP contribution < -0.4 is 4.90 Å². The van der Waals surface area contributed by atoms with E-state index in [4.69, 9.17) is 4.74 Å². The van der Waals surface area contributed by atoms with Crippen LogP contribution in [0.5, 0.6) is 0 Å². The Morgan fingerprint density at radius 2 is 2.00 bits per heavy atom. The van der Waals surface area contributed by atoms with Gasteiger partial charge in [-0.2, -0.15) is 0 Å². The van der Waals surface area contributed by atoms with Gasteiger partial charge in [0.2, 0.25) is 0 Å². The van der Waals surface area contributed by atoms with Gasteiger partial charge >= 0.3 is 5.97 Å². The number of hydrogen-bond acceptors (Lipinski definition) is 5. The summed E-state index contributed by atoms with van der Waals surface area (Å²) in [5.74, 6) is -0.478. The van der Waals surface area contributed by atoms with Crippen molar-refractivity contribution in [3.8, 4) is 0 Å². The molecule has 0 aliphatic heterocycles. The Morgan fingerprint density at radius 3 is 2.58 bits per heavy atom. The number of nitrogens with zero attached hydrogens (tertiary/aromatic N) is 3. The standard InChI is InChI=1S/C13H19N3O3/c1-5-19-12(17)9-16(4)10-6-7-14-11(8-10)13(18)15(2)3/h6-8H,5,9H2,1-4H3. The molecule has 1 aromatic rings. The quantitative estimate of drug-likeness (QED) is 0.736. The number of hydrogen-bond donors (Lipinski definition) is 0. The molecule has 0 atom stereocenters. The molecule has 0 aliphatic rings. The lowest BCUT2D eigenvalue weighted by atomic mass is 10.2. The highest BCUT2D eigenvalue weighted by Crippen LogP contribution is 2.13. The lowest BCUT2D eigenvalue weighted by Gasteiger charge is -2.19. The van der Waals surface area contributed by atoms with Gasteiger partial charge in [-0.15, -0.1) is 0 Å². The second kappa shape index (κ2) is 6.72. The van der Waals surface area contributed by atoms with E-state index in [0.717, 1.165) is 5.69 Å². The predicted octanol–water partition coefficient (Wildman–Crippen LogP) is 0.783. The van der Waals surface area contributed by atoms with Gasteiger partial charge in [-0.1, -0.05) is 0 Å². The Bertz CT molecular complexity index is 460. The zero-order valence-corrected chi connectivity index (χ0v) is 11.7. The van der Waals surface area contributed by atoms with Gasteiger partial charge in [0.1, 0.15) is 12.2 Å². The second-order valence-corrected chi connectivity index (χ2v) is 4.26. The third-order valence-corrected chi connectivity index (χ3v) is 2.48. The van der Waals surface area contributed by atoms with E-state index in [0.29, 0.717) is 12.3 Å². The van der Waals surface area contributed by atoms with Crippen molar-refractivity contribution in [2.45, 2.75) is 6.92 Å². The number of amides is 1. The number of anilines is 1. The van der Waals surface area contributed by atoms with Crippen LogP contribution in [0.2, 0.25) is 0 Å². The molecule has 1 heterocycles. The molecule has 0 unspecified atom stereocenters. The Labute approximate surface area is 113 Å². The van der Waals surface area contributed by atoms with Crippen LogP contribution in [0, 0.1) is 0 Å². The minimum absolute atomic E-state index is 0.132. The van der Waals surface area contributed by atoms with Crippen molar-refractivity contribution in [1.29, 1.82) is 0 Å². The molecule has 1 amide bonds. The van der Waals surface area contributed by atoms with Crippen LogP contribution in [-0.4, -0.2) is 56.1 Å². The van der Waals surface area contributed by atoms with Crippen molar-refractivity contribution in [3.05, 3.63) is 24.0 Å². The van der Waals surface area contributed by atoms with E-state index in [1.165, 1.54) is 4.90 Å². The van der Waals surface area contributed by atoms with Gasteiger partial charge in [0, 0.05) is 33.0 Å². The molecule has 6 heteroatoms. The summed E-state index contributed by atoms with van der Waals surface area (Å²) < 4.78 is 4.88. The predicted molar refractivity (Wildman–Crippen MR) is 72.2 cm³/mol. The Morgan fingerprint density at radius 1 is 1.32 bits per heavy atom. The van der Waals surface area contributed by atoms with Crippen LogP contribution in [0.25, 0.3) is 0 Å². The minimum Gasteiger partial charge on any atom is -0.465 e. The minimum atomic E-state index is -0.303. The monoisotopic (exact) mass is 265 g/mol. The molecule has 0 fully saturated rings. The molecule has 0 radical (unpaired) electrons. The number of aromatic nitrogens is 1. The van der Waals surface area contributed by atoms with Gasteiger partial charge < -0.3 is 14.5 Å². The summed E-state index contributed by atoms with van der Waals surface area (Å²) in [6.45, 7) is 2.25. The summed E-state index contributed by atoms with van der Waals surface area (Å²) in [6, 6.07) is 3.40. The highest BCUT2D eigenvalue weighted by molar-refractivity contribution is 5.92. The SMILES string of the molecule is CCOC(=O)CN(C)c1ccnc(C(=O)N(C)C)c1. The molecule has 0 aromatic carbocycles. The normalized spacial score (nSPS) is 9.89. The molecule has 19 heavy (non-hydrogen) atoms. The zero-order valence-electron chi connectivity index (χ0n) is 11.7. The lowest BCUT2D eigenvalue weighted by molar-refractivity contribution is -0.141. The summed E-state index contributed by atoms with van der Waals surface area (Å²) >= 11 is 0. The van der Waals surface area contributed by atoms with Crippen molar-refractivity contribution in [3.63, 3.8) is 0 Å². The molecular weight excluding hydrogens is 246 g/mol. The topological polar surface area (TPSA) is 62.7 Å². The summed E-state index contributed by atoms with van der Waals surface area (Å²) in [5.41, 5.74) is 1.09. The van der Waals surface area contributed by atoms with Crippen LogP contribution >= 0.6 is 0 Å². The van der Waals surface area contributed by atoms with Crippen LogP contribution in [0.3, 0.4) is 0 Å². The largest absolute Gasteiger partial charge is 0.465 e. The maximum Gasteiger partial charge on any atom is 0.325 e. The van der Waals surface area contributed by atoms with Crippen molar-refractivity contribution < 1.29 is 14.3 Å². The van der Waals surface area contributed by atoms with E-state index in [2.05, 4.69) is 4.98 Å². The zero-order chi connectivity index (χ0) is 14.4. The Hall–Kier alpha value is -2.11. The number of esters is 1. The van der Waals surface area contributed by atoms with Gasteiger partial charge in [-0.05, 0) is 19.1 Å². The van der Waals surface area contributed by atoms with E-state index >= 15 is 0 Å². The third-order valence-electron chi connectivity index (χ3n) is 2.48. The van der Waals surface area contributed by atoms with E-state index in [1.807, 2.05) is 0 Å². The van der Waals surface area contributed by atoms with E-state index in [-0.39, 0.29) is 18.4 Å². The fourth-order valence-electron chi connectivity index (χ4n) is 1.49. The summed E-state index contributed by atoms with van der Waals surface area (Å²) in [4.78, 5) is 30.4. The highest BCUT2D eigenvalue weighted by atomic mass is 16.5. The molecule has 1 aromatic heterocycles. The van der Waals surface area contributed by atoms with E-state index in [1.54, 1.807) is 51.3 Å². The average molecular weight is 265 g/mol. The molecule has 6 nitrogen and oxygen atoms in total. The fourth-order valence-corrected chi connectivity index (χ4v) is 1.49. The van der Waals surface area contributed by atoms with E-state index < -0.39 is 0 Å². The third kappa shape index (κ3) is 4.24. The molecule has 0 saturated heterocycles. The number of pyridine rings is 1. The molecular formula is C13H19N3O3. The van der Waals surface area contributed by atoms with Crippen LogP contribution in [0.1, 0.15) is 17.4 Å². The molecule has 1 rings (SSSR count). The number of ether oxygens (including phenoxy) is 1. The average Bonchev–Trinajstić information content (AvgIpc) is 2.38. The van der Waals surface area contributed by atoms with Gasteiger partial charge in [0.25, 0.3) is 5.91 Å². The molecule has 0 aliphatic carbocycles. The first-order valence-corrected chi connectivity index (χ1v) is 6.00. The van der Waals surface area contributed by atoms with Crippen molar-refractivity contribution in [1.82, 2.24) is 9.88 Å². The lowest BCUT2D eigenvalue weighted by Crippen LogP contribution is -2.28. The van der Waals surface area contributed by atoms with Gasteiger partial charge in [0.15, 0.2) is 0 Å². The molecule has 0 N–H and O–H groups in total. The van der Waals surface area contributed by atoms with E-state index in [9.17, 15) is 9.59 Å². The van der Waals surface area contributed by atoms with Crippen LogP contribution in [-0.2, 0) is 9.53 Å². The number of likely N-dealkylation sites (N-methyl/N-ethyl adjacent to an activating group) is 1. The summed E-state index contributed by atoms with van der Waals surface area (Å²) in [6.07, 6.45) is 1.55. The maximum atomic E-state index is 11.8. The van der Waals surface area contributed by atoms with Crippen molar-refractivity contribution >= 4 is 17.6 Å². The smallest absolute Gasteiger partial charge is 0.325 e. The highest BCUT2D eigenvalue weighted by Gasteiger charge is 2.13. The maximum absolute atomic E-state index is 11.8. The molecule has 104 valence electrons. The molecule has 0 saturated carbocycles. The number of carbonyl (C=O) groups excluding carboxylic acids is 2. The number of rotatable bonds is 5. The van der Waals surface area contributed by atoms with Crippen LogP contribution in [0.4, 0.5) is 5.69 Å². The van der Waals surface area contributed by atoms with Gasteiger partial charge in [0.05, 0.1) is 6.61 Å². The van der Waals surface area contributed by atoms with Crippen molar-refractivity contribution in [2.24, 2.45) is 0 Å². The molecule has 0 spiro atoms. The fraction of sp³-hybridized carbons (Fsp3) is 0.462.